The summed E-state index contributed by atoms with van der Waals surface area (Å²) in [5, 5.41) is 15.2. The number of fused-ring (bicyclic) bond motifs is 12. The lowest BCUT2D eigenvalue weighted by Crippen LogP contribution is -2.38. The van der Waals surface area contributed by atoms with Crippen LogP contribution in [0.5, 0.6) is 0 Å². The van der Waals surface area contributed by atoms with Crippen molar-refractivity contribution in [2.24, 2.45) is 11.8 Å². The van der Waals surface area contributed by atoms with E-state index in [9.17, 15) is 0 Å². The molecule has 2 heteroatoms. The number of hydrogen-bond donors (Lipinski definition) is 0. The Hall–Kier alpha value is -4.08. The van der Waals surface area contributed by atoms with Crippen molar-refractivity contribution in [3.8, 4) is 0 Å². The molecule has 5 aromatic rings. The zero-order valence-corrected chi connectivity index (χ0v) is 31.6. The summed E-state index contributed by atoms with van der Waals surface area (Å²) in [4.78, 5) is 0. The molecule has 0 fully saturated rings. The average Bonchev–Trinajstić information content (AvgIpc) is 3.49. The molecular weight excluding hydrogens is 662 g/mol. The average molecular weight is 707 g/mol. The van der Waals surface area contributed by atoms with E-state index in [2.05, 4.69) is 134 Å². The van der Waals surface area contributed by atoms with Gasteiger partial charge in [0.1, 0.15) is 0 Å². The molecule has 6 aliphatic rings. The summed E-state index contributed by atoms with van der Waals surface area (Å²) in [6.45, 7) is 0. The highest BCUT2D eigenvalue weighted by Crippen LogP contribution is 2.52. The first-order chi connectivity index (χ1) is 25.8. The smallest absolute Gasteiger partial charge is 0.00261 e. The highest BCUT2D eigenvalue weighted by Gasteiger charge is 2.35. The van der Waals surface area contributed by atoms with Crippen LogP contribution in [0.1, 0.15) is 60.8 Å². The topological polar surface area (TPSA) is 0 Å². The van der Waals surface area contributed by atoms with E-state index >= 15 is 0 Å². The van der Waals surface area contributed by atoms with Crippen molar-refractivity contribution in [1.29, 1.82) is 0 Å². The largest absolute Gasteiger partial charge is 0.0763 e. The summed E-state index contributed by atoms with van der Waals surface area (Å²) >= 11 is 0. The zero-order chi connectivity index (χ0) is 34.2. The molecular formula is C50H44P2. The maximum atomic E-state index is 2.57. The second-order valence-electron chi connectivity index (χ2n) is 15.7. The predicted octanol–water partition coefficient (Wildman–Crippen LogP) is 5.04. The van der Waals surface area contributed by atoms with Crippen molar-refractivity contribution < 1.29 is 0 Å². The van der Waals surface area contributed by atoms with Gasteiger partial charge in [0.15, 0.2) is 0 Å². The molecule has 5 aromatic carbocycles. The van der Waals surface area contributed by atoms with Gasteiger partial charge >= 0.3 is 0 Å². The van der Waals surface area contributed by atoms with Gasteiger partial charge in [-0.2, -0.15) is 0 Å². The zero-order valence-electron chi connectivity index (χ0n) is 29.8. The van der Waals surface area contributed by atoms with E-state index in [1.807, 2.05) is 0 Å². The first-order valence-corrected chi connectivity index (χ1v) is 23.0. The van der Waals surface area contributed by atoms with Gasteiger partial charge in [0.25, 0.3) is 0 Å². The second-order valence-corrected chi connectivity index (χ2v) is 20.2. The van der Waals surface area contributed by atoms with Gasteiger partial charge in [-0.1, -0.05) is 149 Å². The maximum absolute atomic E-state index is 2.57. The third-order valence-electron chi connectivity index (χ3n) is 12.8. The molecule has 11 rings (SSSR count). The number of hydrogen-bond acceptors (Lipinski definition) is 0. The van der Waals surface area contributed by atoms with Crippen molar-refractivity contribution in [3.05, 3.63) is 161 Å². The van der Waals surface area contributed by atoms with Gasteiger partial charge in [-0.05, 0) is 161 Å². The lowest BCUT2D eigenvalue weighted by Gasteiger charge is -2.29. The first-order valence-electron chi connectivity index (χ1n) is 19.6. The number of rotatable bonds is 2. The van der Waals surface area contributed by atoms with Crippen LogP contribution in [0.15, 0.2) is 97.1 Å². The quantitative estimate of drug-likeness (QED) is 0.226. The minimum absolute atomic E-state index is 0.392. The van der Waals surface area contributed by atoms with Gasteiger partial charge in [-0.3, -0.25) is 0 Å². The molecule has 2 heterocycles. The highest BCUT2D eigenvalue weighted by molar-refractivity contribution is 7.71. The van der Waals surface area contributed by atoms with E-state index in [-0.39, 0.29) is 0 Å². The van der Waals surface area contributed by atoms with Crippen LogP contribution in [-0.2, 0) is 12.3 Å². The standard InChI is InChI=1S/C50H44P2/c1-5-15-41-33(11-1)21-25-37-29-51(30-38-26-22-34-12-2-6-16-42(34)48(38)47(37)41)45-19-9-10-20-46(45)52-31-39-27-23-35-13-3-7-17-43(35)49(39)50-40(32-52)28-24-36-14-4-8-18-44(36)50/h1,3,5,7,9-24,26,28,37,39H,2,4,6,8,25,27,29-32H2/t37-,39-,51?,52?/m1/s1. The summed E-state index contributed by atoms with van der Waals surface area (Å²) in [5.41, 5.74) is 9.63. The third-order valence-corrected chi connectivity index (χ3v) is 18.3. The molecule has 0 bridgehead atoms. The van der Waals surface area contributed by atoms with Gasteiger partial charge in [0, 0.05) is 0 Å². The van der Waals surface area contributed by atoms with E-state index < -0.39 is 15.8 Å². The molecule has 0 amide bonds. The Bertz CT molecular complexity index is 2650. The second kappa shape index (κ2) is 12.8. The Morgan fingerprint density at radius 3 is 1.35 bits per heavy atom. The molecule has 2 unspecified atom stereocenters. The van der Waals surface area contributed by atoms with E-state index in [0.29, 0.717) is 11.8 Å². The van der Waals surface area contributed by atoms with Crippen LogP contribution in [0, 0.1) is 11.8 Å². The molecule has 0 saturated heterocycles. The molecule has 52 heavy (non-hydrogen) atoms. The summed E-state index contributed by atoms with van der Waals surface area (Å²) in [5.74, 6) is 1.12. The van der Waals surface area contributed by atoms with E-state index in [1.54, 1.807) is 44.0 Å². The van der Waals surface area contributed by atoms with Crippen molar-refractivity contribution >= 4 is 74.1 Å². The Balaban J connectivity index is 1.08. The summed E-state index contributed by atoms with van der Waals surface area (Å²) in [6, 6.07) is 38.3. The molecule has 0 N–H and O–H groups in total. The van der Waals surface area contributed by atoms with E-state index in [1.165, 1.54) is 66.4 Å². The SMILES string of the molecule is C1=c2ccccc2=C2c3c(ccc4c3=CCCC=4)CP(c3ccccc3P3Cc4ccc5c(c4C4=c6ccccc6=CC[C@@H]4C3)=CCCC=5)C[C@H]2C1. The number of benzene rings is 5. The summed E-state index contributed by atoms with van der Waals surface area (Å²) < 4.78 is 0. The van der Waals surface area contributed by atoms with Crippen molar-refractivity contribution in [1.82, 2.24) is 0 Å². The van der Waals surface area contributed by atoms with E-state index in [0.717, 1.165) is 38.5 Å². The fraction of sp³-hybridized carbons (Fsp3) is 0.240. The van der Waals surface area contributed by atoms with Crippen LogP contribution in [-0.4, -0.2) is 12.3 Å². The Morgan fingerprint density at radius 1 is 0.404 bits per heavy atom. The van der Waals surface area contributed by atoms with Crippen LogP contribution in [0.2, 0.25) is 0 Å². The molecule has 4 atom stereocenters. The Labute approximate surface area is 308 Å². The predicted molar refractivity (Wildman–Crippen MR) is 226 cm³/mol. The van der Waals surface area contributed by atoms with Gasteiger partial charge < -0.3 is 0 Å². The minimum Gasteiger partial charge on any atom is -0.0763 e. The third kappa shape index (κ3) is 5.09. The van der Waals surface area contributed by atoms with Gasteiger partial charge in [-0.25, -0.2) is 0 Å². The van der Waals surface area contributed by atoms with Crippen LogP contribution in [0.4, 0.5) is 0 Å². The van der Waals surface area contributed by atoms with Gasteiger partial charge in [-0.15, -0.1) is 0 Å². The van der Waals surface area contributed by atoms with E-state index in [4.69, 9.17) is 0 Å². The van der Waals surface area contributed by atoms with Crippen LogP contribution < -0.4 is 52.4 Å². The molecule has 0 radical (unpaired) electrons. The normalized spacial score (nSPS) is 23.5. The summed E-state index contributed by atoms with van der Waals surface area (Å²) in [6.07, 6.45) is 27.0. The molecule has 2 aliphatic heterocycles. The Morgan fingerprint density at radius 2 is 0.846 bits per heavy atom. The lowest BCUT2D eigenvalue weighted by molar-refractivity contribution is 0.783. The monoisotopic (exact) mass is 706 g/mol. The maximum Gasteiger partial charge on any atom is -0.00261 e. The molecule has 0 nitrogen and oxygen atoms in total. The van der Waals surface area contributed by atoms with Gasteiger partial charge in [0.2, 0.25) is 0 Å². The van der Waals surface area contributed by atoms with Crippen molar-refractivity contribution in [3.63, 3.8) is 0 Å². The van der Waals surface area contributed by atoms with Crippen LogP contribution in [0.25, 0.3) is 47.6 Å². The highest BCUT2D eigenvalue weighted by atomic mass is 31.1. The van der Waals surface area contributed by atoms with Crippen molar-refractivity contribution in [2.75, 3.05) is 12.3 Å². The lowest BCUT2D eigenvalue weighted by atomic mass is 9.82. The molecule has 0 saturated carbocycles. The molecule has 0 aromatic heterocycles. The van der Waals surface area contributed by atoms with Crippen LogP contribution in [0.3, 0.4) is 0 Å². The fourth-order valence-electron chi connectivity index (χ4n) is 10.5. The molecule has 0 spiro atoms. The van der Waals surface area contributed by atoms with Crippen LogP contribution >= 0.6 is 15.8 Å². The summed E-state index contributed by atoms with van der Waals surface area (Å²) in [7, 11) is -0.784. The first kappa shape index (κ1) is 31.4. The molecule has 4 aliphatic carbocycles. The minimum atomic E-state index is -0.392. The fourth-order valence-corrected chi connectivity index (χ4v) is 16.8. The van der Waals surface area contributed by atoms with Gasteiger partial charge in [0.05, 0.1) is 0 Å². The Kier molecular flexibility index (Phi) is 7.74. The molecule has 254 valence electrons. The van der Waals surface area contributed by atoms with Crippen molar-refractivity contribution in [2.45, 2.75) is 50.8 Å².